The van der Waals surface area contributed by atoms with Gasteiger partial charge in [-0.25, -0.2) is 0 Å². The van der Waals surface area contributed by atoms with Gasteiger partial charge in [0.2, 0.25) is 0 Å². The molecule has 1 aromatic carbocycles. The van der Waals surface area contributed by atoms with Gasteiger partial charge in [0.1, 0.15) is 0 Å². The van der Waals surface area contributed by atoms with E-state index < -0.39 is 0 Å². The van der Waals surface area contributed by atoms with Crippen LogP contribution in [0.3, 0.4) is 0 Å². The van der Waals surface area contributed by atoms with Gasteiger partial charge in [-0.2, -0.15) is 0 Å². The summed E-state index contributed by atoms with van der Waals surface area (Å²) in [5, 5.41) is 3.46. The average molecular weight is 203 g/mol. The fraction of sp³-hybridized carbons (Fsp3) is 0.538. The molecule has 81 valence electrons. The second-order valence-electron chi connectivity index (χ2n) is 4.44. The van der Waals surface area contributed by atoms with Gasteiger partial charge in [0.25, 0.3) is 0 Å². The summed E-state index contributed by atoms with van der Waals surface area (Å²) >= 11 is 0. The van der Waals surface area contributed by atoms with Crippen molar-refractivity contribution in [1.29, 1.82) is 0 Å². The topological polar surface area (TPSA) is 15.3 Å². The number of rotatable bonds is 2. The number of hydrogen-bond acceptors (Lipinski definition) is 2. The summed E-state index contributed by atoms with van der Waals surface area (Å²) in [6, 6.07) is 10.00. The largest absolute Gasteiger partial charge is 0.312 e. The average Bonchev–Trinajstić information content (AvgIpc) is 2.22. The summed E-state index contributed by atoms with van der Waals surface area (Å²) in [6.07, 6.45) is 0. The first kappa shape index (κ1) is 10.7. The summed E-state index contributed by atoms with van der Waals surface area (Å²) in [6.45, 7) is 8.90. The van der Waals surface area contributed by atoms with Crippen LogP contribution in [0.15, 0.2) is 18.2 Å². The van der Waals surface area contributed by atoms with Crippen molar-refractivity contribution in [3.8, 4) is 0 Å². The number of benzene rings is 1. The third-order valence-electron chi connectivity index (χ3n) is 3.03. The highest BCUT2D eigenvalue weighted by Gasteiger charge is 2.15. The SMILES string of the molecule is Cc1c[c]ccc1CN1CCN[C@@H](C)C1. The molecule has 0 unspecified atom stereocenters. The van der Waals surface area contributed by atoms with Gasteiger partial charge < -0.3 is 5.32 Å². The minimum Gasteiger partial charge on any atom is -0.312 e. The molecule has 0 spiro atoms. The van der Waals surface area contributed by atoms with Gasteiger partial charge in [0.15, 0.2) is 0 Å². The zero-order valence-corrected chi connectivity index (χ0v) is 9.59. The third-order valence-corrected chi connectivity index (χ3v) is 3.03. The molecule has 2 heteroatoms. The van der Waals surface area contributed by atoms with Gasteiger partial charge in [0.05, 0.1) is 0 Å². The van der Waals surface area contributed by atoms with Crippen molar-refractivity contribution in [3.05, 3.63) is 35.4 Å². The van der Waals surface area contributed by atoms with E-state index in [1.165, 1.54) is 11.1 Å². The Balaban J connectivity index is 1.99. The van der Waals surface area contributed by atoms with Crippen LogP contribution in [0, 0.1) is 13.0 Å². The maximum atomic E-state index is 3.46. The standard InChI is InChI=1S/C13H19N2/c1-11-5-3-4-6-13(11)10-15-8-7-14-12(2)9-15/h4-6,12,14H,7-10H2,1-2H3/t12-/m0/s1. The fourth-order valence-corrected chi connectivity index (χ4v) is 2.12. The van der Waals surface area contributed by atoms with Crippen molar-refractivity contribution < 1.29 is 0 Å². The van der Waals surface area contributed by atoms with Crippen molar-refractivity contribution >= 4 is 0 Å². The van der Waals surface area contributed by atoms with Gasteiger partial charge >= 0.3 is 0 Å². The Morgan fingerprint density at radius 3 is 3.20 bits per heavy atom. The Bertz CT molecular complexity index is 322. The van der Waals surface area contributed by atoms with E-state index in [0.29, 0.717) is 6.04 Å². The van der Waals surface area contributed by atoms with Crippen LogP contribution in [-0.4, -0.2) is 30.6 Å². The van der Waals surface area contributed by atoms with Crippen LogP contribution in [0.2, 0.25) is 0 Å². The second-order valence-corrected chi connectivity index (χ2v) is 4.44. The number of hydrogen-bond donors (Lipinski definition) is 1. The third kappa shape index (κ3) is 2.80. The lowest BCUT2D eigenvalue weighted by atomic mass is 10.1. The highest BCUT2D eigenvalue weighted by Crippen LogP contribution is 2.11. The van der Waals surface area contributed by atoms with Crippen LogP contribution < -0.4 is 5.32 Å². The molecule has 15 heavy (non-hydrogen) atoms. The maximum absolute atomic E-state index is 3.46. The lowest BCUT2D eigenvalue weighted by Crippen LogP contribution is -2.48. The van der Waals surface area contributed by atoms with Gasteiger partial charge in [0, 0.05) is 32.2 Å². The van der Waals surface area contributed by atoms with E-state index in [4.69, 9.17) is 0 Å². The molecule has 1 heterocycles. The van der Waals surface area contributed by atoms with Crippen molar-refractivity contribution in [1.82, 2.24) is 10.2 Å². The quantitative estimate of drug-likeness (QED) is 0.785. The molecule has 1 radical (unpaired) electrons. The second kappa shape index (κ2) is 4.77. The molecule has 1 N–H and O–H groups in total. The van der Waals surface area contributed by atoms with Crippen LogP contribution in [0.4, 0.5) is 0 Å². The molecule has 1 aliphatic heterocycles. The lowest BCUT2D eigenvalue weighted by molar-refractivity contribution is 0.199. The summed E-state index contributed by atoms with van der Waals surface area (Å²) in [5.41, 5.74) is 2.78. The van der Waals surface area contributed by atoms with Crippen LogP contribution >= 0.6 is 0 Å². The van der Waals surface area contributed by atoms with E-state index in [0.717, 1.165) is 26.2 Å². The molecule has 0 saturated carbocycles. The van der Waals surface area contributed by atoms with E-state index >= 15 is 0 Å². The fourth-order valence-electron chi connectivity index (χ4n) is 2.12. The van der Waals surface area contributed by atoms with E-state index in [-0.39, 0.29) is 0 Å². The lowest BCUT2D eigenvalue weighted by Gasteiger charge is -2.32. The Labute approximate surface area is 92.3 Å². The van der Waals surface area contributed by atoms with Crippen molar-refractivity contribution in [3.63, 3.8) is 0 Å². The molecular formula is C13H19N2. The Morgan fingerprint density at radius 1 is 1.60 bits per heavy atom. The van der Waals surface area contributed by atoms with Crippen LogP contribution in [0.5, 0.6) is 0 Å². The van der Waals surface area contributed by atoms with E-state index in [9.17, 15) is 0 Å². The predicted molar refractivity (Wildman–Crippen MR) is 62.8 cm³/mol. The molecule has 1 fully saturated rings. The van der Waals surface area contributed by atoms with Gasteiger partial charge in [-0.15, -0.1) is 0 Å². The van der Waals surface area contributed by atoms with Gasteiger partial charge in [-0.1, -0.05) is 18.2 Å². The highest BCUT2D eigenvalue weighted by atomic mass is 15.2. The van der Waals surface area contributed by atoms with Crippen molar-refractivity contribution in [2.45, 2.75) is 26.4 Å². The zero-order chi connectivity index (χ0) is 10.7. The Morgan fingerprint density at radius 2 is 2.47 bits per heavy atom. The van der Waals surface area contributed by atoms with Crippen molar-refractivity contribution in [2.75, 3.05) is 19.6 Å². The first-order valence-corrected chi connectivity index (χ1v) is 5.67. The first-order chi connectivity index (χ1) is 7.25. The minimum atomic E-state index is 0.620. The van der Waals surface area contributed by atoms with E-state index in [1.807, 2.05) is 6.07 Å². The van der Waals surface area contributed by atoms with Crippen molar-refractivity contribution in [2.24, 2.45) is 0 Å². The number of nitrogens with one attached hydrogen (secondary N) is 1. The maximum Gasteiger partial charge on any atom is 0.0237 e. The predicted octanol–water partition coefficient (Wildman–Crippen LogP) is 1.59. The molecule has 0 aromatic heterocycles. The molecule has 2 rings (SSSR count). The summed E-state index contributed by atoms with van der Waals surface area (Å²) in [7, 11) is 0. The normalized spacial score (nSPS) is 22.9. The number of piperazine rings is 1. The van der Waals surface area contributed by atoms with E-state index in [2.05, 4.69) is 42.3 Å². The molecule has 1 aliphatic rings. The summed E-state index contributed by atoms with van der Waals surface area (Å²) < 4.78 is 0. The molecule has 1 atom stereocenters. The van der Waals surface area contributed by atoms with Crippen LogP contribution in [0.25, 0.3) is 0 Å². The first-order valence-electron chi connectivity index (χ1n) is 5.67. The van der Waals surface area contributed by atoms with Crippen LogP contribution in [-0.2, 0) is 6.54 Å². The number of nitrogens with zero attached hydrogens (tertiary/aromatic N) is 1. The van der Waals surface area contributed by atoms with Gasteiger partial charge in [-0.3, -0.25) is 4.90 Å². The summed E-state index contributed by atoms with van der Waals surface area (Å²) in [4.78, 5) is 2.52. The van der Waals surface area contributed by atoms with Gasteiger partial charge in [-0.05, 0) is 31.0 Å². The highest BCUT2D eigenvalue weighted by molar-refractivity contribution is 5.24. The Kier molecular flexibility index (Phi) is 3.39. The molecule has 1 aromatic rings. The molecule has 1 saturated heterocycles. The molecule has 2 nitrogen and oxygen atoms in total. The summed E-state index contributed by atoms with van der Waals surface area (Å²) in [5.74, 6) is 0. The van der Waals surface area contributed by atoms with E-state index in [1.54, 1.807) is 0 Å². The minimum absolute atomic E-state index is 0.620. The monoisotopic (exact) mass is 203 g/mol. The Hall–Kier alpha value is -0.860. The van der Waals surface area contributed by atoms with Crippen LogP contribution in [0.1, 0.15) is 18.1 Å². The number of aryl methyl sites for hydroxylation is 1. The molecule has 0 bridgehead atoms. The zero-order valence-electron chi connectivity index (χ0n) is 9.59. The smallest absolute Gasteiger partial charge is 0.0237 e. The molecular weight excluding hydrogens is 184 g/mol. The molecule has 0 aliphatic carbocycles. The molecule has 0 amide bonds.